The lowest BCUT2D eigenvalue weighted by Crippen LogP contribution is -2.53. The van der Waals surface area contributed by atoms with Crippen LogP contribution in [0.2, 0.25) is 0 Å². The first-order valence-corrected chi connectivity index (χ1v) is 5.10. The molecule has 0 aliphatic heterocycles. The number of rotatable bonds is 3. The van der Waals surface area contributed by atoms with E-state index >= 15 is 0 Å². The molecule has 92 valence electrons. The van der Waals surface area contributed by atoms with Crippen LogP contribution < -0.4 is 11.1 Å². The van der Waals surface area contributed by atoms with Gasteiger partial charge in [0.25, 0.3) is 5.91 Å². The number of nitrogens with two attached hydrogens (primary N) is 1. The summed E-state index contributed by atoms with van der Waals surface area (Å²) in [6, 6.07) is 3.35. The minimum Gasteiger partial charge on any atom is -0.409 e. The van der Waals surface area contributed by atoms with Gasteiger partial charge in [-0.2, -0.15) is 0 Å². The standard InChI is InChI=1S/C11H16N4O2/c1-7-8(5-4-6-13-7)9(16)14-11(2,3)10(12)15-17/h4-6,17H,1-3H3,(H2,12,15)(H,14,16). The monoisotopic (exact) mass is 236 g/mol. The molecule has 1 heterocycles. The fourth-order valence-electron chi connectivity index (χ4n) is 1.26. The summed E-state index contributed by atoms with van der Waals surface area (Å²) in [5.41, 5.74) is 5.65. The highest BCUT2D eigenvalue weighted by atomic mass is 16.4. The molecule has 0 bridgehead atoms. The lowest BCUT2D eigenvalue weighted by molar-refractivity contribution is 0.0930. The van der Waals surface area contributed by atoms with E-state index in [1.807, 2.05) is 0 Å². The molecule has 1 aromatic rings. The molecule has 1 aromatic heterocycles. The van der Waals surface area contributed by atoms with Gasteiger partial charge < -0.3 is 16.3 Å². The Kier molecular flexibility index (Phi) is 3.67. The Morgan fingerprint density at radius 1 is 1.59 bits per heavy atom. The average Bonchev–Trinajstić information content (AvgIpc) is 2.27. The number of nitrogens with zero attached hydrogens (tertiary/aromatic N) is 2. The quantitative estimate of drug-likeness (QED) is 0.310. The van der Waals surface area contributed by atoms with Crippen molar-refractivity contribution in [2.45, 2.75) is 26.3 Å². The molecule has 0 spiro atoms. The molecule has 4 N–H and O–H groups in total. The molecule has 0 aliphatic rings. The topological polar surface area (TPSA) is 101 Å². The van der Waals surface area contributed by atoms with Crippen LogP contribution >= 0.6 is 0 Å². The van der Waals surface area contributed by atoms with Gasteiger partial charge in [-0.1, -0.05) is 5.16 Å². The molecule has 1 amide bonds. The highest BCUT2D eigenvalue weighted by Crippen LogP contribution is 2.08. The van der Waals surface area contributed by atoms with Gasteiger partial charge in [-0.3, -0.25) is 9.78 Å². The molecule has 0 aliphatic carbocycles. The highest BCUT2D eigenvalue weighted by molar-refractivity contribution is 6.00. The van der Waals surface area contributed by atoms with Crippen LogP contribution in [0.3, 0.4) is 0 Å². The van der Waals surface area contributed by atoms with E-state index < -0.39 is 5.54 Å². The molecule has 0 saturated carbocycles. The molecule has 0 aromatic carbocycles. The number of aromatic nitrogens is 1. The predicted molar refractivity (Wildman–Crippen MR) is 63.9 cm³/mol. The van der Waals surface area contributed by atoms with Crippen LogP contribution in [0.15, 0.2) is 23.5 Å². The van der Waals surface area contributed by atoms with Crippen LogP contribution in [0.25, 0.3) is 0 Å². The first-order valence-electron chi connectivity index (χ1n) is 5.10. The van der Waals surface area contributed by atoms with Crippen LogP contribution in [0.5, 0.6) is 0 Å². The highest BCUT2D eigenvalue weighted by Gasteiger charge is 2.26. The molecule has 0 saturated heterocycles. The first-order chi connectivity index (χ1) is 7.88. The normalized spacial score (nSPS) is 12.3. The summed E-state index contributed by atoms with van der Waals surface area (Å²) >= 11 is 0. The fourth-order valence-corrected chi connectivity index (χ4v) is 1.26. The zero-order valence-electron chi connectivity index (χ0n) is 10.1. The van der Waals surface area contributed by atoms with Crippen LogP contribution in [0, 0.1) is 6.92 Å². The van der Waals surface area contributed by atoms with Crippen LogP contribution in [0.1, 0.15) is 29.9 Å². The second-order valence-corrected chi connectivity index (χ2v) is 4.20. The summed E-state index contributed by atoms with van der Waals surface area (Å²) in [6.07, 6.45) is 1.61. The van der Waals surface area contributed by atoms with E-state index in [2.05, 4.69) is 15.5 Å². The number of aryl methyl sites for hydroxylation is 1. The van der Waals surface area contributed by atoms with E-state index in [1.165, 1.54) is 0 Å². The zero-order chi connectivity index (χ0) is 13.1. The summed E-state index contributed by atoms with van der Waals surface area (Å²) in [6.45, 7) is 5.03. The summed E-state index contributed by atoms with van der Waals surface area (Å²) in [5.74, 6) is -0.375. The third-order valence-electron chi connectivity index (χ3n) is 2.43. The lowest BCUT2D eigenvalue weighted by atomic mass is 10.0. The van der Waals surface area contributed by atoms with Crippen molar-refractivity contribution in [1.29, 1.82) is 0 Å². The smallest absolute Gasteiger partial charge is 0.253 e. The second-order valence-electron chi connectivity index (χ2n) is 4.20. The molecule has 6 heteroatoms. The Labute approximate surface area is 99.5 Å². The van der Waals surface area contributed by atoms with Gasteiger partial charge in [-0.25, -0.2) is 0 Å². The van der Waals surface area contributed by atoms with Gasteiger partial charge in [0.1, 0.15) is 0 Å². The van der Waals surface area contributed by atoms with Gasteiger partial charge in [0.15, 0.2) is 5.84 Å². The van der Waals surface area contributed by atoms with Gasteiger partial charge in [-0.05, 0) is 32.9 Å². The molecule has 17 heavy (non-hydrogen) atoms. The van der Waals surface area contributed by atoms with Crippen molar-refractivity contribution in [3.05, 3.63) is 29.6 Å². The minimum absolute atomic E-state index is 0.0626. The maximum absolute atomic E-state index is 12.0. The van der Waals surface area contributed by atoms with E-state index in [1.54, 1.807) is 39.1 Å². The van der Waals surface area contributed by atoms with Crippen LogP contribution in [-0.2, 0) is 0 Å². The Balaban J connectivity index is 2.91. The zero-order valence-corrected chi connectivity index (χ0v) is 10.1. The predicted octanol–water partition coefficient (Wildman–Crippen LogP) is 0.645. The van der Waals surface area contributed by atoms with E-state index in [-0.39, 0.29) is 11.7 Å². The van der Waals surface area contributed by atoms with Gasteiger partial charge in [0, 0.05) is 11.9 Å². The van der Waals surface area contributed by atoms with E-state index in [0.717, 1.165) is 0 Å². The number of hydrogen-bond donors (Lipinski definition) is 3. The molecule has 0 atom stereocenters. The Hall–Kier alpha value is -2.11. The van der Waals surface area contributed by atoms with Crippen molar-refractivity contribution < 1.29 is 10.0 Å². The van der Waals surface area contributed by atoms with E-state index in [4.69, 9.17) is 10.9 Å². The van der Waals surface area contributed by atoms with E-state index in [9.17, 15) is 4.79 Å². The molecular weight excluding hydrogens is 220 g/mol. The number of carbonyl (C=O) groups is 1. The number of pyridine rings is 1. The van der Waals surface area contributed by atoms with Gasteiger partial charge in [0.2, 0.25) is 0 Å². The summed E-state index contributed by atoms with van der Waals surface area (Å²) < 4.78 is 0. The number of carbonyl (C=O) groups excluding carboxylic acids is 1. The third-order valence-corrected chi connectivity index (χ3v) is 2.43. The van der Waals surface area contributed by atoms with Crippen molar-refractivity contribution in [2.75, 3.05) is 0 Å². The second kappa shape index (κ2) is 4.82. The maximum atomic E-state index is 12.0. The largest absolute Gasteiger partial charge is 0.409 e. The molecule has 0 unspecified atom stereocenters. The van der Waals surface area contributed by atoms with Crippen molar-refractivity contribution in [3.63, 3.8) is 0 Å². The van der Waals surface area contributed by atoms with Crippen LogP contribution in [-0.4, -0.2) is 27.5 Å². The van der Waals surface area contributed by atoms with Crippen molar-refractivity contribution in [1.82, 2.24) is 10.3 Å². The van der Waals surface area contributed by atoms with Crippen molar-refractivity contribution in [3.8, 4) is 0 Å². The molecule has 6 nitrogen and oxygen atoms in total. The summed E-state index contributed by atoms with van der Waals surface area (Å²) in [7, 11) is 0. The molecule has 1 rings (SSSR count). The molecular formula is C11H16N4O2. The number of hydrogen-bond acceptors (Lipinski definition) is 4. The van der Waals surface area contributed by atoms with Gasteiger partial charge in [-0.15, -0.1) is 0 Å². The Morgan fingerprint density at radius 2 is 2.24 bits per heavy atom. The van der Waals surface area contributed by atoms with Crippen LogP contribution in [0.4, 0.5) is 0 Å². The fraction of sp³-hybridized carbons (Fsp3) is 0.364. The van der Waals surface area contributed by atoms with Crippen molar-refractivity contribution in [2.24, 2.45) is 10.9 Å². The molecule has 0 fully saturated rings. The summed E-state index contributed by atoms with van der Waals surface area (Å²) in [5, 5.41) is 14.2. The maximum Gasteiger partial charge on any atom is 0.253 e. The number of amides is 1. The van der Waals surface area contributed by atoms with E-state index in [0.29, 0.717) is 11.3 Å². The minimum atomic E-state index is -0.923. The van der Waals surface area contributed by atoms with Gasteiger partial charge in [0.05, 0.1) is 11.1 Å². The van der Waals surface area contributed by atoms with Gasteiger partial charge >= 0.3 is 0 Å². The molecule has 0 radical (unpaired) electrons. The first kappa shape index (κ1) is 13.0. The number of nitrogens with one attached hydrogen (secondary N) is 1. The number of amidine groups is 1. The van der Waals surface area contributed by atoms with Crippen molar-refractivity contribution >= 4 is 11.7 Å². The Morgan fingerprint density at radius 3 is 2.76 bits per heavy atom. The SMILES string of the molecule is Cc1ncccc1C(=O)NC(C)(C)C(N)=NO. The Bertz CT molecular complexity index is 455. The third kappa shape index (κ3) is 2.93. The summed E-state index contributed by atoms with van der Waals surface area (Å²) in [4.78, 5) is 16.0. The lowest BCUT2D eigenvalue weighted by Gasteiger charge is -2.24. The number of oxime groups is 1. The average molecular weight is 236 g/mol.